The maximum atomic E-state index is 12.5. The maximum Gasteiger partial charge on any atom is 0.406 e. The highest BCUT2D eigenvalue weighted by atomic mass is 32.1. The fraction of sp³-hybridized carbons (Fsp3) is 0.545. The van der Waals surface area contributed by atoms with Gasteiger partial charge in [0, 0.05) is 6.54 Å². The predicted octanol–water partition coefficient (Wildman–Crippen LogP) is 1.60. The smallest absolute Gasteiger partial charge is 0.406 e. The lowest BCUT2D eigenvalue weighted by Crippen LogP contribution is -2.40. The number of nitrogen functional groups attached to an aromatic ring is 1. The first kappa shape index (κ1) is 17.2. The van der Waals surface area contributed by atoms with Gasteiger partial charge in [0.1, 0.15) is 11.4 Å². The Morgan fingerprint density at radius 3 is 2.48 bits per heavy atom. The summed E-state index contributed by atoms with van der Waals surface area (Å²) in [5.41, 5.74) is 5.69. The van der Waals surface area contributed by atoms with E-state index < -0.39 is 31.1 Å². The average molecular weight is 325 g/mol. The molecule has 0 bridgehead atoms. The van der Waals surface area contributed by atoms with Gasteiger partial charge in [-0.25, -0.2) is 4.98 Å². The van der Waals surface area contributed by atoms with Crippen LogP contribution in [-0.4, -0.2) is 48.1 Å². The van der Waals surface area contributed by atoms with Crippen LogP contribution in [0.3, 0.4) is 0 Å². The molecule has 0 spiro atoms. The number of esters is 1. The molecule has 1 heterocycles. The number of carbonyl (C=O) groups excluding carboxylic acids is 2. The number of aromatic nitrogens is 1. The van der Waals surface area contributed by atoms with Crippen molar-refractivity contribution in [1.82, 2.24) is 9.88 Å². The summed E-state index contributed by atoms with van der Waals surface area (Å²) in [4.78, 5) is 27.6. The predicted molar refractivity (Wildman–Crippen MR) is 69.9 cm³/mol. The fourth-order valence-corrected chi connectivity index (χ4v) is 2.36. The highest BCUT2D eigenvalue weighted by Gasteiger charge is 2.34. The van der Waals surface area contributed by atoms with E-state index in [0.29, 0.717) is 4.90 Å². The van der Waals surface area contributed by atoms with Crippen LogP contribution in [0.1, 0.15) is 21.8 Å². The molecule has 1 aromatic rings. The highest BCUT2D eigenvalue weighted by molar-refractivity contribution is 7.17. The van der Waals surface area contributed by atoms with E-state index in [2.05, 4.69) is 9.72 Å². The molecule has 0 aromatic carbocycles. The number of halogens is 3. The largest absolute Gasteiger partial charge is 0.469 e. The Kier molecular flexibility index (Phi) is 5.53. The Hall–Kier alpha value is -1.84. The zero-order valence-corrected chi connectivity index (χ0v) is 12.2. The van der Waals surface area contributed by atoms with E-state index in [-0.39, 0.29) is 22.1 Å². The van der Waals surface area contributed by atoms with Crippen molar-refractivity contribution in [2.24, 2.45) is 0 Å². The number of anilines is 1. The van der Waals surface area contributed by atoms with Gasteiger partial charge in [-0.1, -0.05) is 11.3 Å². The number of methoxy groups -OCH3 is 1. The van der Waals surface area contributed by atoms with E-state index in [9.17, 15) is 22.8 Å². The monoisotopic (exact) mass is 325 g/mol. The van der Waals surface area contributed by atoms with Gasteiger partial charge >= 0.3 is 12.1 Å². The summed E-state index contributed by atoms with van der Waals surface area (Å²) < 4.78 is 42.0. The lowest BCUT2D eigenvalue weighted by atomic mass is 10.3. The number of hydrogen-bond donors (Lipinski definition) is 1. The van der Waals surface area contributed by atoms with Crippen LogP contribution in [-0.2, 0) is 9.53 Å². The minimum absolute atomic E-state index is 0.0293. The minimum atomic E-state index is -4.57. The van der Waals surface area contributed by atoms with Gasteiger partial charge in [0.05, 0.1) is 19.2 Å². The van der Waals surface area contributed by atoms with Gasteiger partial charge in [-0.05, 0) is 6.92 Å². The Morgan fingerprint density at radius 1 is 1.43 bits per heavy atom. The summed E-state index contributed by atoms with van der Waals surface area (Å²) >= 11 is 0.809. The number of hydrogen-bond acceptors (Lipinski definition) is 6. The van der Waals surface area contributed by atoms with Crippen molar-refractivity contribution in [3.05, 3.63) is 10.6 Å². The summed E-state index contributed by atoms with van der Waals surface area (Å²) in [7, 11) is 1.12. The molecule has 10 heteroatoms. The Balaban J connectivity index is 2.91. The van der Waals surface area contributed by atoms with E-state index in [1.165, 1.54) is 6.92 Å². The van der Waals surface area contributed by atoms with Crippen LogP contribution in [0.15, 0.2) is 0 Å². The normalized spacial score (nSPS) is 11.3. The molecular formula is C11H14F3N3O3S. The molecule has 0 aliphatic carbocycles. The average Bonchev–Trinajstić information content (AvgIpc) is 2.70. The van der Waals surface area contributed by atoms with Crippen LogP contribution in [0.4, 0.5) is 18.3 Å². The molecule has 0 fully saturated rings. The van der Waals surface area contributed by atoms with Gasteiger partial charge in [0.25, 0.3) is 5.91 Å². The number of ether oxygens (including phenoxy) is 1. The van der Waals surface area contributed by atoms with Crippen molar-refractivity contribution in [2.45, 2.75) is 19.5 Å². The van der Waals surface area contributed by atoms with Gasteiger partial charge < -0.3 is 15.4 Å². The number of thiazole rings is 1. The first-order valence-electron chi connectivity index (χ1n) is 5.79. The van der Waals surface area contributed by atoms with E-state index in [1.54, 1.807) is 0 Å². The third-order valence-electron chi connectivity index (χ3n) is 2.48. The van der Waals surface area contributed by atoms with Crippen molar-refractivity contribution >= 4 is 28.3 Å². The number of nitrogens with two attached hydrogens (primary N) is 1. The SMILES string of the molecule is COC(=O)CCN(CC(F)(F)F)C(=O)c1sc(N)nc1C. The van der Waals surface area contributed by atoms with Crippen molar-refractivity contribution < 1.29 is 27.5 Å². The molecule has 0 unspecified atom stereocenters. The van der Waals surface area contributed by atoms with Gasteiger partial charge in [0.2, 0.25) is 0 Å². The molecule has 0 atom stereocenters. The van der Waals surface area contributed by atoms with Crippen molar-refractivity contribution in [1.29, 1.82) is 0 Å². The second-order valence-electron chi connectivity index (χ2n) is 4.13. The fourth-order valence-electron chi connectivity index (χ4n) is 1.56. The van der Waals surface area contributed by atoms with E-state index in [1.807, 2.05) is 0 Å². The van der Waals surface area contributed by atoms with Crippen LogP contribution in [0.2, 0.25) is 0 Å². The first-order valence-corrected chi connectivity index (χ1v) is 6.61. The molecule has 1 amide bonds. The van der Waals surface area contributed by atoms with Crippen molar-refractivity contribution in [2.75, 3.05) is 25.9 Å². The number of aryl methyl sites for hydroxylation is 1. The molecule has 1 aromatic heterocycles. The quantitative estimate of drug-likeness (QED) is 0.831. The van der Waals surface area contributed by atoms with Gasteiger partial charge in [-0.15, -0.1) is 0 Å². The summed E-state index contributed by atoms with van der Waals surface area (Å²) in [5, 5.41) is 0.0933. The molecule has 0 saturated carbocycles. The third kappa shape index (κ3) is 5.21. The third-order valence-corrected chi connectivity index (χ3v) is 3.45. The second kappa shape index (κ2) is 6.74. The number of amides is 1. The lowest BCUT2D eigenvalue weighted by Gasteiger charge is -2.23. The van der Waals surface area contributed by atoms with Gasteiger partial charge in [-0.3, -0.25) is 9.59 Å². The van der Waals surface area contributed by atoms with Gasteiger partial charge in [-0.2, -0.15) is 13.2 Å². The minimum Gasteiger partial charge on any atom is -0.469 e. The Labute approximate surface area is 122 Å². The maximum absolute atomic E-state index is 12.5. The lowest BCUT2D eigenvalue weighted by molar-refractivity contribution is -0.146. The van der Waals surface area contributed by atoms with E-state index in [0.717, 1.165) is 18.4 Å². The Bertz CT molecular complexity index is 531. The van der Waals surface area contributed by atoms with Crippen LogP contribution in [0, 0.1) is 6.92 Å². The molecule has 6 nitrogen and oxygen atoms in total. The number of nitrogens with zero attached hydrogens (tertiary/aromatic N) is 2. The first-order chi connectivity index (χ1) is 9.64. The van der Waals surface area contributed by atoms with Crippen LogP contribution in [0.25, 0.3) is 0 Å². The zero-order chi connectivity index (χ0) is 16.2. The number of rotatable bonds is 5. The van der Waals surface area contributed by atoms with Crippen LogP contribution >= 0.6 is 11.3 Å². The van der Waals surface area contributed by atoms with Crippen LogP contribution < -0.4 is 5.73 Å². The summed E-state index contributed by atoms with van der Waals surface area (Å²) in [5.74, 6) is -1.56. The molecule has 0 radical (unpaired) electrons. The highest BCUT2D eigenvalue weighted by Crippen LogP contribution is 2.24. The zero-order valence-electron chi connectivity index (χ0n) is 11.4. The topological polar surface area (TPSA) is 85.5 Å². The molecular weight excluding hydrogens is 311 g/mol. The van der Waals surface area contributed by atoms with Crippen molar-refractivity contribution in [3.8, 4) is 0 Å². The standard InChI is InChI=1S/C11H14F3N3O3S/c1-6-8(21-10(15)16-6)9(19)17(5-11(12,13)14)4-3-7(18)20-2/h3-5H2,1-2H3,(H2,15,16). The number of alkyl halides is 3. The molecule has 0 saturated heterocycles. The summed E-state index contributed by atoms with van der Waals surface area (Å²) in [6.07, 6.45) is -4.90. The second-order valence-corrected chi connectivity index (χ2v) is 5.17. The number of carbonyl (C=O) groups is 2. The molecule has 0 aliphatic rings. The van der Waals surface area contributed by atoms with E-state index >= 15 is 0 Å². The van der Waals surface area contributed by atoms with Crippen molar-refractivity contribution in [3.63, 3.8) is 0 Å². The van der Waals surface area contributed by atoms with Crippen LogP contribution in [0.5, 0.6) is 0 Å². The van der Waals surface area contributed by atoms with Gasteiger partial charge in [0.15, 0.2) is 5.13 Å². The summed E-state index contributed by atoms with van der Waals surface area (Å²) in [6.45, 7) is -0.380. The molecule has 1 rings (SSSR count). The molecule has 118 valence electrons. The summed E-state index contributed by atoms with van der Waals surface area (Å²) in [6, 6.07) is 0. The van der Waals surface area contributed by atoms with E-state index in [4.69, 9.17) is 5.73 Å². The molecule has 2 N–H and O–H groups in total. The molecule has 0 aliphatic heterocycles. The Morgan fingerprint density at radius 2 is 2.05 bits per heavy atom. The molecule has 21 heavy (non-hydrogen) atoms.